The van der Waals surface area contributed by atoms with Crippen molar-refractivity contribution in [2.45, 2.75) is 162 Å². The van der Waals surface area contributed by atoms with Crippen LogP contribution in [0.5, 0.6) is 0 Å². The van der Waals surface area contributed by atoms with Crippen LogP contribution in [0.4, 0.5) is 0 Å². The van der Waals surface area contributed by atoms with Gasteiger partial charge in [-0.25, -0.2) is 0 Å². The average Bonchev–Trinajstić information content (AvgIpc) is 3.29. The zero-order valence-electron chi connectivity index (χ0n) is 36.7. The Bertz CT molecular complexity index is 1350. The topological polar surface area (TPSA) is 312 Å². The van der Waals surface area contributed by atoms with Gasteiger partial charge in [-0.1, -0.05) is 26.0 Å². The molecule has 0 aromatic carbocycles. The van der Waals surface area contributed by atoms with Crippen LogP contribution < -0.4 is 16.0 Å². The van der Waals surface area contributed by atoms with Gasteiger partial charge in [-0.05, 0) is 50.0 Å². The Balaban J connectivity index is 0.870. The van der Waals surface area contributed by atoms with Crippen molar-refractivity contribution in [2.24, 2.45) is 11.8 Å². The molecule has 12 aliphatic rings. The fourth-order valence-electron chi connectivity index (χ4n) is 9.03. The van der Waals surface area contributed by atoms with E-state index in [1.165, 1.54) is 0 Å². The van der Waals surface area contributed by atoms with Gasteiger partial charge in [-0.3, -0.25) is 5.32 Å². The van der Waals surface area contributed by atoms with E-state index in [4.69, 9.17) is 37.9 Å². The van der Waals surface area contributed by atoms with Crippen molar-refractivity contribution in [1.29, 1.82) is 0 Å². The lowest BCUT2D eigenvalue weighted by atomic mass is 9.85. The standard InChI is InChI=1S/C42H73N3O18S2/c1-21(9-13-64-17-27-23-7-3-5-11-56-39-35(54)31(50)37(25(15-46)58-39)62-41(60-27)33(52)29(23)48)44-19-43-20-45-22(2)10-14-65-18-28-24-8-4-6-12-57-40-36(55)32(51)38(26(16-47)59-40)63-42(61-28)34(53)30(24)49/h23-55H,1-20H2/t23?,24?,25?,26?,27?,28?,29?,30?,31?,32?,33?,34?,35?,36?,37?,38?,39-,40-,41+,42+/m1/s1. The third kappa shape index (κ3) is 14.1. The summed E-state index contributed by atoms with van der Waals surface area (Å²) in [5.74, 6) is 1.61. The molecule has 21 nitrogen and oxygen atoms in total. The fourth-order valence-corrected chi connectivity index (χ4v) is 11.3. The summed E-state index contributed by atoms with van der Waals surface area (Å²) in [6.45, 7) is 8.54. The normalized spacial score (nSPS) is 42.9. The van der Waals surface area contributed by atoms with E-state index in [-0.39, 0.29) is 25.0 Å². The van der Waals surface area contributed by atoms with Crippen LogP contribution in [0.15, 0.2) is 24.6 Å². The van der Waals surface area contributed by atoms with Gasteiger partial charge >= 0.3 is 0 Å². The average molecular weight is 972 g/mol. The Hall–Kier alpha value is -0.980. The molecule has 16 unspecified atom stereocenters. The second-order valence-corrected chi connectivity index (χ2v) is 19.8. The molecule has 0 spiro atoms. The van der Waals surface area contributed by atoms with Gasteiger partial charge in [0.2, 0.25) is 0 Å². The van der Waals surface area contributed by atoms with Crippen molar-refractivity contribution in [1.82, 2.24) is 16.0 Å². The molecule has 0 aromatic rings. The Morgan fingerprint density at radius 2 is 0.862 bits per heavy atom. The quantitative estimate of drug-likeness (QED) is 0.0485. The number of thioether (sulfide) groups is 2. The van der Waals surface area contributed by atoms with E-state index >= 15 is 0 Å². The van der Waals surface area contributed by atoms with Crippen molar-refractivity contribution in [3.05, 3.63) is 24.6 Å². The summed E-state index contributed by atoms with van der Waals surface area (Å²) >= 11 is 3.21. The Morgan fingerprint density at radius 1 is 0.477 bits per heavy atom. The molecule has 12 rings (SSSR count). The molecule has 12 fully saturated rings. The monoisotopic (exact) mass is 971 g/mol. The molecule has 12 aliphatic heterocycles. The van der Waals surface area contributed by atoms with Crippen LogP contribution in [0.1, 0.15) is 51.4 Å². The molecule has 12 heterocycles. The first-order valence-electron chi connectivity index (χ1n) is 22.8. The molecule has 20 atom stereocenters. The minimum Gasteiger partial charge on any atom is -0.394 e. The Labute approximate surface area is 388 Å². The predicted molar refractivity (Wildman–Crippen MR) is 235 cm³/mol. The van der Waals surface area contributed by atoms with Gasteiger partial charge in [0.05, 0.1) is 51.0 Å². The van der Waals surface area contributed by atoms with Gasteiger partial charge in [0.15, 0.2) is 25.2 Å². The maximum Gasteiger partial charge on any atom is 0.186 e. The highest BCUT2D eigenvalue weighted by Crippen LogP contribution is 2.38. The molecule has 0 radical (unpaired) electrons. The zero-order chi connectivity index (χ0) is 46.6. The second-order valence-electron chi connectivity index (χ2n) is 17.5. The van der Waals surface area contributed by atoms with Crippen molar-refractivity contribution < 1.29 is 89.0 Å². The van der Waals surface area contributed by atoms with Gasteiger partial charge in [-0.2, -0.15) is 23.5 Å². The maximum atomic E-state index is 11.2. The van der Waals surface area contributed by atoms with Crippen molar-refractivity contribution >= 4 is 23.5 Å². The summed E-state index contributed by atoms with van der Waals surface area (Å²) in [6, 6.07) is 0. The molecule has 65 heavy (non-hydrogen) atoms. The summed E-state index contributed by atoms with van der Waals surface area (Å²) in [7, 11) is 0. The van der Waals surface area contributed by atoms with E-state index in [1.54, 1.807) is 23.5 Å². The smallest absolute Gasteiger partial charge is 0.186 e. The summed E-state index contributed by atoms with van der Waals surface area (Å²) < 4.78 is 47.0. The minimum absolute atomic E-state index is 0.224. The first-order chi connectivity index (χ1) is 31.3. The van der Waals surface area contributed by atoms with Crippen LogP contribution in [0.2, 0.25) is 0 Å². The maximum absolute atomic E-state index is 11.2. The van der Waals surface area contributed by atoms with Gasteiger partial charge in [0.1, 0.15) is 61.0 Å². The summed E-state index contributed by atoms with van der Waals surface area (Å²) in [4.78, 5) is 0. The highest BCUT2D eigenvalue weighted by molar-refractivity contribution is 7.99. The predicted octanol–water partition coefficient (Wildman–Crippen LogP) is -2.88. The molecular weight excluding hydrogens is 899 g/mol. The van der Waals surface area contributed by atoms with Crippen LogP contribution in [0.25, 0.3) is 0 Å². The van der Waals surface area contributed by atoms with Crippen LogP contribution >= 0.6 is 23.5 Å². The Morgan fingerprint density at radius 3 is 1.26 bits per heavy atom. The third-order valence-electron chi connectivity index (χ3n) is 12.9. The van der Waals surface area contributed by atoms with Crippen LogP contribution in [-0.2, 0) is 37.9 Å². The molecule has 8 bridgehead atoms. The first-order valence-corrected chi connectivity index (χ1v) is 25.2. The molecule has 13 N–H and O–H groups in total. The number of aliphatic hydroxyl groups excluding tert-OH is 10. The van der Waals surface area contributed by atoms with Gasteiger partial charge in [0.25, 0.3) is 0 Å². The number of rotatable bonds is 18. The zero-order valence-corrected chi connectivity index (χ0v) is 38.4. The summed E-state index contributed by atoms with van der Waals surface area (Å²) in [5.41, 5.74) is 1.64. The van der Waals surface area contributed by atoms with E-state index in [1.807, 2.05) is 0 Å². The van der Waals surface area contributed by atoms with E-state index in [2.05, 4.69) is 29.1 Å². The fraction of sp³-hybridized carbons (Fsp3) is 0.905. The summed E-state index contributed by atoms with van der Waals surface area (Å²) in [5, 5.41) is 117. The van der Waals surface area contributed by atoms with Crippen molar-refractivity contribution in [3.63, 3.8) is 0 Å². The lowest BCUT2D eigenvalue weighted by molar-refractivity contribution is -0.354. The number of hydrogen-bond acceptors (Lipinski definition) is 23. The lowest BCUT2D eigenvalue weighted by Crippen LogP contribution is -2.63. The van der Waals surface area contributed by atoms with E-state index in [0.717, 1.165) is 11.4 Å². The van der Waals surface area contributed by atoms with E-state index in [0.29, 0.717) is 87.7 Å². The van der Waals surface area contributed by atoms with E-state index < -0.39 is 124 Å². The molecule has 0 aliphatic carbocycles. The molecule has 0 aromatic heterocycles. The van der Waals surface area contributed by atoms with Crippen molar-refractivity contribution in [2.75, 3.05) is 62.8 Å². The second kappa shape index (κ2) is 26.3. The Kier molecular flexibility index (Phi) is 21.6. The molecule has 0 amide bonds. The molecule has 23 heteroatoms. The van der Waals surface area contributed by atoms with Gasteiger partial charge < -0.3 is 99.6 Å². The van der Waals surface area contributed by atoms with Gasteiger partial charge in [0, 0.05) is 47.9 Å². The largest absolute Gasteiger partial charge is 0.394 e. The molecule has 0 saturated carbocycles. The highest BCUT2D eigenvalue weighted by Gasteiger charge is 2.53. The summed E-state index contributed by atoms with van der Waals surface area (Å²) in [6.07, 6.45) is -16.7. The highest BCUT2D eigenvalue weighted by atomic mass is 32.2. The number of nitrogens with one attached hydrogen (secondary N) is 3. The lowest BCUT2D eigenvalue weighted by Gasteiger charge is -2.47. The van der Waals surface area contributed by atoms with Crippen molar-refractivity contribution in [3.8, 4) is 0 Å². The van der Waals surface area contributed by atoms with Crippen LogP contribution in [0.3, 0.4) is 0 Å². The molecular formula is C42H73N3O18S2. The van der Waals surface area contributed by atoms with Crippen LogP contribution in [0, 0.1) is 11.8 Å². The number of allylic oxidation sites excluding steroid dienone is 2. The SMILES string of the molecule is C=C(CCSCC1O[C@H]2OC3C(CO)O[C@@H](OCCCCC1C(O)C2O)C(O)C3O)NCNCNC(=C)CCSCC1O[C@H]2OC3C(CO)O[C@@H](OCCCCC1C(O)C2O)C(O)C3O. The number of hydrogen-bond donors (Lipinski definition) is 13. The third-order valence-corrected chi connectivity index (χ3v) is 15.1. The minimum atomic E-state index is -1.49. The number of ether oxygens (including phenoxy) is 8. The first kappa shape index (κ1) is 53.4. The van der Waals surface area contributed by atoms with E-state index in [9.17, 15) is 51.1 Å². The molecule has 12 saturated heterocycles. The van der Waals surface area contributed by atoms with Gasteiger partial charge in [-0.15, -0.1) is 0 Å². The van der Waals surface area contributed by atoms with Crippen LogP contribution in [-0.4, -0.2) is 224 Å². The number of aliphatic hydroxyl groups is 10. The molecule has 376 valence electrons.